The zero-order chi connectivity index (χ0) is 15.3. The molecule has 1 rings (SSSR count). The molecule has 0 radical (unpaired) electrons. The number of nitrogens with zero attached hydrogens (tertiary/aromatic N) is 1. The van der Waals surface area contributed by atoms with Gasteiger partial charge in [0.2, 0.25) is 18.2 Å². The summed E-state index contributed by atoms with van der Waals surface area (Å²) in [5.41, 5.74) is 1.48. The maximum atomic E-state index is 10.0. The van der Waals surface area contributed by atoms with Gasteiger partial charge in [-0.1, -0.05) is 20.8 Å². The Morgan fingerprint density at radius 3 is 2.16 bits per heavy atom. The van der Waals surface area contributed by atoms with Crippen molar-refractivity contribution in [2.45, 2.75) is 40.0 Å². The average molecular weight is 265 g/mol. The first-order chi connectivity index (χ1) is 8.91. The fourth-order valence-corrected chi connectivity index (χ4v) is 1.93. The van der Waals surface area contributed by atoms with E-state index < -0.39 is 0 Å². The van der Waals surface area contributed by atoms with Crippen LogP contribution >= 0.6 is 0 Å². The van der Waals surface area contributed by atoms with Crippen molar-refractivity contribution in [2.75, 3.05) is 0 Å². The van der Waals surface area contributed by atoms with Crippen LogP contribution in [0.25, 0.3) is 0 Å². The van der Waals surface area contributed by atoms with Gasteiger partial charge in [0.05, 0.1) is 0 Å². The summed E-state index contributed by atoms with van der Waals surface area (Å²) < 4.78 is 0. The third-order valence-corrected chi connectivity index (χ3v) is 3.42. The van der Waals surface area contributed by atoms with E-state index in [1.54, 1.807) is 12.3 Å². The lowest BCUT2D eigenvalue weighted by Crippen LogP contribution is -2.28. The van der Waals surface area contributed by atoms with Crippen LogP contribution in [0.15, 0.2) is 16.8 Å². The third kappa shape index (κ3) is 7.74. The Kier molecular flexibility index (Phi) is 11.1. The van der Waals surface area contributed by atoms with E-state index >= 15 is 0 Å². The minimum absolute atomic E-state index is 0.193. The molecule has 6 heteroatoms. The second-order valence-corrected chi connectivity index (χ2v) is 4.59. The summed E-state index contributed by atoms with van der Waals surface area (Å²) in [5.74, 6) is 0.675. The van der Waals surface area contributed by atoms with Crippen molar-refractivity contribution >= 4 is 18.2 Å². The van der Waals surface area contributed by atoms with Gasteiger partial charge in [0, 0.05) is 6.20 Å². The van der Waals surface area contributed by atoms with Crippen molar-refractivity contribution in [1.82, 2.24) is 0 Å². The topological polar surface area (TPSA) is 111 Å². The normalized spacial score (nSPS) is 21.2. The Bertz CT molecular complexity index is 397. The lowest BCUT2D eigenvalue weighted by atomic mass is 9.67. The fourth-order valence-electron chi connectivity index (χ4n) is 1.93. The van der Waals surface area contributed by atoms with Crippen LogP contribution in [0.4, 0.5) is 0 Å². The molecule has 1 aliphatic rings. The van der Waals surface area contributed by atoms with E-state index in [1.165, 1.54) is 18.4 Å². The second kappa shape index (κ2) is 11.0. The molecular formula is C13H19N3O3. The SMILES string of the molecule is CC1CCCC(=CN=C=O)C1(C)C.N=C=O.N=C=O. The first-order valence-corrected chi connectivity index (χ1v) is 5.76. The minimum atomic E-state index is 0.193. The molecule has 0 spiro atoms. The predicted octanol–water partition coefficient (Wildman–Crippen LogP) is 2.85. The summed E-state index contributed by atoms with van der Waals surface area (Å²) in [7, 11) is 0. The third-order valence-electron chi connectivity index (χ3n) is 3.42. The molecule has 19 heavy (non-hydrogen) atoms. The highest BCUT2D eigenvalue weighted by atomic mass is 16.1. The van der Waals surface area contributed by atoms with Gasteiger partial charge in [0.1, 0.15) is 0 Å². The Labute approximate surface area is 112 Å². The summed E-state index contributed by atoms with van der Waals surface area (Å²) >= 11 is 0. The van der Waals surface area contributed by atoms with E-state index in [9.17, 15) is 4.79 Å². The highest BCUT2D eigenvalue weighted by Gasteiger charge is 2.32. The van der Waals surface area contributed by atoms with Crippen molar-refractivity contribution in [3.8, 4) is 0 Å². The van der Waals surface area contributed by atoms with Crippen LogP contribution in [0.2, 0.25) is 0 Å². The van der Waals surface area contributed by atoms with Crippen molar-refractivity contribution in [3.63, 3.8) is 0 Å². The van der Waals surface area contributed by atoms with Crippen LogP contribution in [-0.2, 0) is 14.4 Å². The zero-order valence-electron chi connectivity index (χ0n) is 11.4. The van der Waals surface area contributed by atoms with Gasteiger partial charge in [-0.25, -0.2) is 25.2 Å². The summed E-state index contributed by atoms with van der Waals surface area (Å²) in [4.78, 5) is 30.3. The van der Waals surface area contributed by atoms with Crippen molar-refractivity contribution in [2.24, 2.45) is 16.3 Å². The molecule has 0 aromatic heterocycles. The first kappa shape index (κ1) is 19.2. The Balaban J connectivity index is 0. The largest absolute Gasteiger partial charge is 0.239 e. The number of rotatable bonds is 1. The molecule has 0 bridgehead atoms. The van der Waals surface area contributed by atoms with E-state index in [0.29, 0.717) is 5.92 Å². The van der Waals surface area contributed by atoms with Crippen LogP contribution in [-0.4, -0.2) is 18.2 Å². The molecule has 1 unspecified atom stereocenters. The molecule has 6 nitrogen and oxygen atoms in total. The zero-order valence-corrected chi connectivity index (χ0v) is 11.4. The number of hydrogen-bond acceptors (Lipinski definition) is 6. The predicted molar refractivity (Wildman–Crippen MR) is 69.8 cm³/mol. The first-order valence-electron chi connectivity index (χ1n) is 5.76. The lowest BCUT2D eigenvalue weighted by Gasteiger charge is -2.38. The lowest BCUT2D eigenvalue weighted by molar-refractivity contribution is 0.225. The fraction of sp³-hybridized carbons (Fsp3) is 0.615. The van der Waals surface area contributed by atoms with E-state index in [0.717, 1.165) is 18.6 Å². The molecule has 0 amide bonds. The highest BCUT2D eigenvalue weighted by Crippen LogP contribution is 2.44. The number of isocyanates is 3. The molecular weight excluding hydrogens is 246 g/mol. The number of carbonyl (C=O) groups excluding carboxylic acids is 3. The second-order valence-electron chi connectivity index (χ2n) is 4.59. The average Bonchev–Trinajstić information content (AvgIpc) is 2.33. The van der Waals surface area contributed by atoms with Crippen LogP contribution < -0.4 is 0 Å². The van der Waals surface area contributed by atoms with E-state index in [2.05, 4.69) is 25.8 Å². The van der Waals surface area contributed by atoms with Gasteiger partial charge < -0.3 is 0 Å². The smallest absolute Gasteiger partial charge is 0.222 e. The molecule has 0 aromatic rings. The molecule has 0 aliphatic heterocycles. The summed E-state index contributed by atoms with van der Waals surface area (Å²) in [5, 5.41) is 10.8. The van der Waals surface area contributed by atoms with E-state index in [-0.39, 0.29) is 5.41 Å². The van der Waals surface area contributed by atoms with E-state index in [1.807, 2.05) is 0 Å². The van der Waals surface area contributed by atoms with Gasteiger partial charge >= 0.3 is 0 Å². The maximum absolute atomic E-state index is 10.0. The quantitative estimate of drug-likeness (QED) is 0.561. The molecule has 2 N–H and O–H groups in total. The van der Waals surface area contributed by atoms with Gasteiger partial charge in [0.25, 0.3) is 0 Å². The maximum Gasteiger partial charge on any atom is 0.239 e. The number of hydrogen-bond donors (Lipinski definition) is 2. The van der Waals surface area contributed by atoms with Crippen LogP contribution in [0, 0.1) is 22.2 Å². The van der Waals surface area contributed by atoms with Gasteiger partial charge in [-0.05, 0) is 36.2 Å². The molecule has 1 aliphatic carbocycles. The highest BCUT2D eigenvalue weighted by molar-refractivity contribution is 5.35. The summed E-state index contributed by atoms with van der Waals surface area (Å²) in [6.07, 6.45) is 8.32. The number of nitrogens with one attached hydrogen (secondary N) is 2. The molecule has 0 heterocycles. The molecule has 1 fully saturated rings. The van der Waals surface area contributed by atoms with Gasteiger partial charge in [-0.15, -0.1) is 0 Å². The van der Waals surface area contributed by atoms with Gasteiger partial charge in [-0.3, -0.25) is 0 Å². The molecule has 104 valence electrons. The minimum Gasteiger partial charge on any atom is -0.222 e. The van der Waals surface area contributed by atoms with Gasteiger partial charge in [0.15, 0.2) is 0 Å². The molecule has 1 saturated carbocycles. The standard InChI is InChI=1S/C11H17NO.2CHNO/c1-9-5-4-6-10(7-12-8-13)11(9,2)3;2*2-1-3/h7,9H,4-6H2,1-3H3;2*2H. The Morgan fingerprint density at radius 2 is 1.74 bits per heavy atom. The summed E-state index contributed by atoms with van der Waals surface area (Å²) in [6, 6.07) is 0. The number of aliphatic imine (C=N–C) groups is 1. The molecule has 0 saturated heterocycles. The van der Waals surface area contributed by atoms with Crippen molar-refractivity contribution in [1.29, 1.82) is 10.8 Å². The van der Waals surface area contributed by atoms with Crippen LogP contribution in [0.1, 0.15) is 40.0 Å². The van der Waals surface area contributed by atoms with E-state index in [4.69, 9.17) is 20.4 Å². The Morgan fingerprint density at radius 1 is 1.26 bits per heavy atom. The van der Waals surface area contributed by atoms with Gasteiger partial charge in [-0.2, -0.15) is 4.99 Å². The molecule has 0 aromatic carbocycles. The summed E-state index contributed by atoms with van der Waals surface area (Å²) in [6.45, 7) is 6.71. The van der Waals surface area contributed by atoms with Crippen molar-refractivity contribution < 1.29 is 14.4 Å². The van der Waals surface area contributed by atoms with Crippen molar-refractivity contribution in [3.05, 3.63) is 11.8 Å². The monoisotopic (exact) mass is 265 g/mol. The number of allylic oxidation sites excluding steroid dienone is 1. The van der Waals surface area contributed by atoms with Crippen LogP contribution in [0.5, 0.6) is 0 Å². The van der Waals surface area contributed by atoms with Crippen LogP contribution in [0.3, 0.4) is 0 Å². The Hall–Kier alpha value is -2.12. The molecule has 1 atom stereocenters.